The van der Waals surface area contributed by atoms with E-state index in [2.05, 4.69) is 0 Å². The van der Waals surface area contributed by atoms with Crippen LogP contribution in [0, 0.1) is 6.92 Å². The third-order valence-corrected chi connectivity index (χ3v) is 3.10. The first-order valence-corrected chi connectivity index (χ1v) is 5.67. The number of rotatable bonds is 2. The molecule has 0 saturated carbocycles. The maximum Gasteiger partial charge on any atom is 0.409 e. The van der Waals surface area contributed by atoms with Crippen LogP contribution in [0.5, 0.6) is 5.75 Å². The van der Waals surface area contributed by atoms with E-state index in [-0.39, 0.29) is 0 Å². The van der Waals surface area contributed by atoms with E-state index in [0.29, 0.717) is 5.75 Å². The average Bonchev–Trinajstić information content (AvgIpc) is 2.73. The Morgan fingerprint density at radius 1 is 1.31 bits per heavy atom. The summed E-state index contributed by atoms with van der Waals surface area (Å²) < 4.78 is 5.05. The van der Waals surface area contributed by atoms with Crippen molar-refractivity contribution in [1.82, 2.24) is 0 Å². The molecule has 1 aromatic carbocycles. The molecule has 3 nitrogen and oxygen atoms in total. The molecule has 2 aromatic rings. The van der Waals surface area contributed by atoms with E-state index < -0.39 is 6.09 Å². The third-order valence-electron chi connectivity index (χ3n) is 2.20. The van der Waals surface area contributed by atoms with Crippen LogP contribution in [0.1, 0.15) is 5.56 Å². The fraction of sp³-hybridized carbons (Fsp3) is 0.0833. The minimum Gasteiger partial charge on any atom is -0.410 e. The van der Waals surface area contributed by atoms with Gasteiger partial charge in [0.25, 0.3) is 0 Å². The number of primary amides is 1. The van der Waals surface area contributed by atoms with Gasteiger partial charge < -0.3 is 10.5 Å². The predicted molar refractivity (Wildman–Crippen MR) is 64.7 cm³/mol. The molecule has 0 spiro atoms. The molecule has 1 amide bonds. The molecule has 0 unspecified atom stereocenters. The predicted octanol–water partition coefficient (Wildman–Crippen LogP) is 3.18. The van der Waals surface area contributed by atoms with E-state index >= 15 is 0 Å². The number of nitrogens with two attached hydrogens (primary N) is 1. The first kappa shape index (κ1) is 10.7. The van der Waals surface area contributed by atoms with Crippen molar-refractivity contribution in [3.63, 3.8) is 0 Å². The first-order chi connectivity index (χ1) is 7.68. The highest BCUT2D eigenvalue weighted by Crippen LogP contribution is 2.35. The van der Waals surface area contributed by atoms with Gasteiger partial charge in [-0.2, -0.15) is 0 Å². The number of aryl methyl sites for hydroxylation is 1. The number of carbonyl (C=O) groups is 1. The van der Waals surface area contributed by atoms with Crippen LogP contribution in [0.3, 0.4) is 0 Å². The number of hydrogen-bond donors (Lipinski definition) is 1. The first-order valence-electron chi connectivity index (χ1n) is 4.79. The zero-order valence-electron chi connectivity index (χ0n) is 8.77. The molecular formula is C12H11NO2S. The number of carbonyl (C=O) groups excluding carboxylic acids is 1. The minimum absolute atomic E-state index is 0.539. The quantitative estimate of drug-likeness (QED) is 0.866. The van der Waals surface area contributed by atoms with Gasteiger partial charge in [-0.15, -0.1) is 11.3 Å². The lowest BCUT2D eigenvalue weighted by molar-refractivity contribution is 0.211. The molecule has 1 heterocycles. The van der Waals surface area contributed by atoms with Crippen LogP contribution in [-0.4, -0.2) is 6.09 Å². The molecule has 4 heteroatoms. The molecule has 0 aliphatic heterocycles. The van der Waals surface area contributed by atoms with Crippen molar-refractivity contribution in [3.05, 3.63) is 41.3 Å². The van der Waals surface area contributed by atoms with Gasteiger partial charge in [0.15, 0.2) is 0 Å². The number of para-hydroxylation sites is 1. The molecule has 0 aliphatic rings. The largest absolute Gasteiger partial charge is 0.410 e. The second kappa shape index (κ2) is 4.37. The molecule has 0 radical (unpaired) electrons. The second-order valence-electron chi connectivity index (χ2n) is 3.35. The van der Waals surface area contributed by atoms with Crippen molar-refractivity contribution in [3.8, 4) is 16.2 Å². The maximum atomic E-state index is 10.8. The van der Waals surface area contributed by atoms with Crippen molar-refractivity contribution in [1.29, 1.82) is 0 Å². The highest BCUT2D eigenvalue weighted by molar-refractivity contribution is 7.13. The molecule has 0 atom stereocenters. The number of thiophene rings is 1. The second-order valence-corrected chi connectivity index (χ2v) is 4.30. The molecule has 2 N–H and O–H groups in total. The smallest absolute Gasteiger partial charge is 0.409 e. The standard InChI is InChI=1S/C12H11NO2S/c1-8-4-2-5-9(10-6-3-7-16-10)11(8)15-12(13)14/h2-7H,1H3,(H2,13,14). The average molecular weight is 233 g/mol. The molecule has 0 fully saturated rings. The zero-order chi connectivity index (χ0) is 11.5. The molecule has 0 aliphatic carbocycles. The Morgan fingerprint density at radius 2 is 2.12 bits per heavy atom. The highest BCUT2D eigenvalue weighted by atomic mass is 32.1. The van der Waals surface area contributed by atoms with Crippen LogP contribution in [0.15, 0.2) is 35.7 Å². The summed E-state index contributed by atoms with van der Waals surface area (Å²) in [7, 11) is 0. The van der Waals surface area contributed by atoms with Crippen LogP contribution >= 0.6 is 11.3 Å². The van der Waals surface area contributed by atoms with Crippen molar-refractivity contribution < 1.29 is 9.53 Å². The van der Waals surface area contributed by atoms with E-state index in [4.69, 9.17) is 10.5 Å². The van der Waals surface area contributed by atoms with Crippen LogP contribution in [0.2, 0.25) is 0 Å². The van der Waals surface area contributed by atoms with Gasteiger partial charge in [-0.3, -0.25) is 0 Å². The molecule has 2 rings (SSSR count). The monoisotopic (exact) mass is 233 g/mol. The fourth-order valence-electron chi connectivity index (χ4n) is 1.51. The number of amides is 1. The summed E-state index contributed by atoms with van der Waals surface area (Å²) in [4.78, 5) is 11.9. The summed E-state index contributed by atoms with van der Waals surface area (Å²) in [6.45, 7) is 1.88. The summed E-state index contributed by atoms with van der Waals surface area (Å²) in [5.41, 5.74) is 6.85. The van der Waals surface area contributed by atoms with E-state index in [0.717, 1.165) is 16.0 Å². The van der Waals surface area contributed by atoms with Crippen LogP contribution in [0.25, 0.3) is 10.4 Å². The van der Waals surface area contributed by atoms with E-state index in [1.165, 1.54) is 0 Å². The Kier molecular flexibility index (Phi) is 2.92. The van der Waals surface area contributed by atoms with Crippen molar-refractivity contribution in [2.75, 3.05) is 0 Å². The third kappa shape index (κ3) is 2.06. The topological polar surface area (TPSA) is 52.3 Å². The molecular weight excluding hydrogens is 222 g/mol. The van der Waals surface area contributed by atoms with E-state index in [1.54, 1.807) is 11.3 Å². The Balaban J connectivity index is 2.52. The maximum absolute atomic E-state index is 10.8. The van der Waals surface area contributed by atoms with Gasteiger partial charge in [0.2, 0.25) is 0 Å². The minimum atomic E-state index is -0.785. The van der Waals surface area contributed by atoms with Crippen LogP contribution < -0.4 is 10.5 Å². The van der Waals surface area contributed by atoms with Crippen LogP contribution in [0.4, 0.5) is 4.79 Å². The van der Waals surface area contributed by atoms with Gasteiger partial charge in [-0.1, -0.05) is 18.2 Å². The lowest BCUT2D eigenvalue weighted by atomic mass is 10.1. The van der Waals surface area contributed by atoms with Crippen molar-refractivity contribution in [2.24, 2.45) is 5.73 Å². The lowest BCUT2D eigenvalue weighted by Gasteiger charge is -2.09. The molecule has 82 valence electrons. The summed E-state index contributed by atoms with van der Waals surface area (Å²) in [5.74, 6) is 0.539. The lowest BCUT2D eigenvalue weighted by Crippen LogP contribution is -2.17. The van der Waals surface area contributed by atoms with Gasteiger partial charge >= 0.3 is 6.09 Å². The van der Waals surface area contributed by atoms with Gasteiger partial charge in [0, 0.05) is 10.4 Å². The Hall–Kier alpha value is -1.81. The SMILES string of the molecule is Cc1cccc(-c2cccs2)c1OC(N)=O. The summed E-state index contributed by atoms with van der Waals surface area (Å²) >= 11 is 1.59. The van der Waals surface area contributed by atoms with Gasteiger partial charge in [0.05, 0.1) is 0 Å². The Bertz CT molecular complexity index is 506. The fourth-order valence-corrected chi connectivity index (χ4v) is 2.26. The normalized spacial score (nSPS) is 10.1. The van der Waals surface area contributed by atoms with Gasteiger partial charge in [-0.25, -0.2) is 4.79 Å². The van der Waals surface area contributed by atoms with Crippen LogP contribution in [-0.2, 0) is 0 Å². The summed E-state index contributed by atoms with van der Waals surface area (Å²) in [6, 6.07) is 9.66. The Morgan fingerprint density at radius 3 is 2.75 bits per heavy atom. The van der Waals surface area contributed by atoms with E-state index in [1.807, 2.05) is 42.6 Å². The number of ether oxygens (including phenoxy) is 1. The highest BCUT2D eigenvalue weighted by Gasteiger charge is 2.11. The molecule has 1 aromatic heterocycles. The van der Waals surface area contributed by atoms with Gasteiger partial charge in [-0.05, 0) is 30.0 Å². The number of benzene rings is 1. The molecule has 0 saturated heterocycles. The summed E-state index contributed by atoms with van der Waals surface area (Å²) in [5, 5.41) is 1.98. The molecule has 16 heavy (non-hydrogen) atoms. The van der Waals surface area contributed by atoms with Crippen molar-refractivity contribution >= 4 is 17.4 Å². The zero-order valence-corrected chi connectivity index (χ0v) is 9.58. The van der Waals surface area contributed by atoms with Gasteiger partial charge in [0.1, 0.15) is 5.75 Å². The summed E-state index contributed by atoms with van der Waals surface area (Å²) in [6.07, 6.45) is -0.785. The molecule has 0 bridgehead atoms. The number of hydrogen-bond acceptors (Lipinski definition) is 3. The van der Waals surface area contributed by atoms with E-state index in [9.17, 15) is 4.79 Å². The Labute approximate surface area is 97.5 Å². The van der Waals surface area contributed by atoms with Crippen molar-refractivity contribution in [2.45, 2.75) is 6.92 Å².